The number of hydrogen-bond acceptors (Lipinski definition) is 4. The molecule has 5 N–H and O–H groups in total. The predicted octanol–water partition coefficient (Wildman–Crippen LogP) is -0.0884. The van der Waals surface area contributed by atoms with E-state index in [1.807, 2.05) is 0 Å². The van der Waals surface area contributed by atoms with Gasteiger partial charge in [-0.2, -0.15) is 0 Å². The summed E-state index contributed by atoms with van der Waals surface area (Å²) in [6.45, 7) is 0.545. The maximum Gasteiger partial charge on any atom is 0.240 e. The number of aromatic amines is 1. The molecule has 0 unspecified atom stereocenters. The van der Waals surface area contributed by atoms with Crippen molar-refractivity contribution in [3.05, 3.63) is 18.2 Å². The summed E-state index contributed by atoms with van der Waals surface area (Å²) in [7, 11) is 0. The lowest BCUT2D eigenvalue weighted by atomic mass is 10.1. The number of carbonyl (C=O) groups is 2. The molecule has 0 bridgehead atoms. The number of aromatic nitrogens is 2. The minimum Gasteiger partial charge on any atom is -0.368 e. The van der Waals surface area contributed by atoms with Gasteiger partial charge in [0.1, 0.15) is 6.04 Å². The molecule has 1 saturated heterocycles. The maximum atomic E-state index is 12.1. The van der Waals surface area contributed by atoms with Gasteiger partial charge in [-0.05, 0) is 12.8 Å². The molecule has 1 aromatic heterocycles. The topological polar surface area (TPSA) is 118 Å². The predicted molar refractivity (Wildman–Crippen MR) is 84.8 cm³/mol. The van der Waals surface area contributed by atoms with Gasteiger partial charge in [-0.1, -0.05) is 0 Å². The second kappa shape index (κ2) is 8.38. The van der Waals surface area contributed by atoms with Gasteiger partial charge in [-0.15, -0.1) is 34.0 Å². The number of likely N-dealkylation sites (tertiary alicyclic amines) is 1. The van der Waals surface area contributed by atoms with E-state index in [9.17, 15) is 9.59 Å². The molecule has 0 saturated carbocycles. The van der Waals surface area contributed by atoms with Crippen LogP contribution in [0.5, 0.6) is 0 Å². The molecule has 2 amide bonds. The summed E-state index contributed by atoms with van der Waals surface area (Å²) >= 11 is 0. The van der Waals surface area contributed by atoms with Crippen LogP contribution < -0.4 is 11.5 Å². The number of nitrogens with zero attached hydrogens (tertiary/aromatic N) is 2. The van der Waals surface area contributed by atoms with Crippen LogP contribution in [0.25, 0.3) is 0 Å². The van der Waals surface area contributed by atoms with E-state index in [0.717, 1.165) is 12.1 Å². The fourth-order valence-corrected chi connectivity index (χ4v) is 2.26. The number of nitrogens with one attached hydrogen (secondary N) is 1. The second-order valence-electron chi connectivity index (χ2n) is 4.48. The molecule has 1 aliphatic rings. The molecule has 114 valence electrons. The number of primary amides is 1. The summed E-state index contributed by atoms with van der Waals surface area (Å²) in [6.07, 6.45) is 4.95. The molecule has 0 aromatic carbocycles. The number of nitrogens with two attached hydrogens (primary N) is 2. The van der Waals surface area contributed by atoms with Gasteiger partial charge in [0, 0.05) is 24.9 Å². The summed E-state index contributed by atoms with van der Waals surface area (Å²) in [6, 6.07) is -1.18. The summed E-state index contributed by atoms with van der Waals surface area (Å²) in [5.74, 6) is -0.694. The lowest BCUT2D eigenvalue weighted by Crippen LogP contribution is -2.50. The number of hydrogen-bond donors (Lipinski definition) is 3. The fraction of sp³-hybridized carbons (Fsp3) is 0.545. The molecular weight excluding hydrogens is 394 g/mol. The summed E-state index contributed by atoms with van der Waals surface area (Å²) in [5, 5.41) is 0. The van der Waals surface area contributed by atoms with Crippen LogP contribution >= 0.6 is 34.0 Å². The Bertz CT molecular complexity index is 440. The Morgan fingerprint density at radius 3 is 2.75 bits per heavy atom. The zero-order chi connectivity index (χ0) is 13.1. The smallest absolute Gasteiger partial charge is 0.240 e. The molecule has 7 nitrogen and oxygen atoms in total. The largest absolute Gasteiger partial charge is 0.368 e. The zero-order valence-corrected chi connectivity index (χ0v) is 14.2. The van der Waals surface area contributed by atoms with Gasteiger partial charge in [-0.3, -0.25) is 9.59 Å². The normalized spacial score (nSPS) is 18.9. The highest BCUT2D eigenvalue weighted by Gasteiger charge is 2.34. The third-order valence-corrected chi connectivity index (χ3v) is 3.18. The van der Waals surface area contributed by atoms with E-state index in [-0.39, 0.29) is 39.9 Å². The van der Waals surface area contributed by atoms with Crippen LogP contribution in [0.2, 0.25) is 0 Å². The third kappa shape index (κ3) is 4.29. The molecule has 1 aliphatic heterocycles. The Morgan fingerprint density at radius 1 is 1.50 bits per heavy atom. The van der Waals surface area contributed by atoms with Crippen molar-refractivity contribution in [3.63, 3.8) is 0 Å². The monoisotopic (exact) mass is 411 g/mol. The first-order valence-corrected chi connectivity index (χ1v) is 5.92. The van der Waals surface area contributed by atoms with E-state index < -0.39 is 18.0 Å². The van der Waals surface area contributed by atoms with Gasteiger partial charge in [0.05, 0.1) is 12.4 Å². The highest BCUT2D eigenvalue weighted by molar-refractivity contribution is 8.93. The highest BCUT2D eigenvalue weighted by Crippen LogP contribution is 2.18. The van der Waals surface area contributed by atoms with E-state index in [4.69, 9.17) is 11.5 Å². The molecule has 0 radical (unpaired) electrons. The van der Waals surface area contributed by atoms with Crippen molar-refractivity contribution in [2.24, 2.45) is 11.5 Å². The highest BCUT2D eigenvalue weighted by atomic mass is 79.9. The first-order chi connectivity index (χ1) is 8.59. The van der Waals surface area contributed by atoms with Crippen LogP contribution in [0, 0.1) is 0 Å². The van der Waals surface area contributed by atoms with Crippen LogP contribution in [-0.4, -0.2) is 45.3 Å². The lowest BCUT2D eigenvalue weighted by Gasteiger charge is -2.25. The van der Waals surface area contributed by atoms with Crippen molar-refractivity contribution < 1.29 is 9.59 Å². The zero-order valence-electron chi connectivity index (χ0n) is 10.8. The minimum absolute atomic E-state index is 0. The van der Waals surface area contributed by atoms with Crippen LogP contribution in [0.15, 0.2) is 12.5 Å². The van der Waals surface area contributed by atoms with Crippen molar-refractivity contribution in [2.75, 3.05) is 6.54 Å². The molecule has 2 atom stereocenters. The minimum atomic E-state index is -0.676. The molecule has 2 heterocycles. The van der Waals surface area contributed by atoms with Crippen molar-refractivity contribution >= 4 is 45.8 Å². The van der Waals surface area contributed by atoms with Gasteiger partial charge in [-0.25, -0.2) is 4.98 Å². The number of amides is 2. The number of imidazole rings is 1. The van der Waals surface area contributed by atoms with Crippen LogP contribution in [0.3, 0.4) is 0 Å². The van der Waals surface area contributed by atoms with Crippen molar-refractivity contribution in [1.82, 2.24) is 14.9 Å². The fourth-order valence-electron chi connectivity index (χ4n) is 2.26. The molecule has 1 aromatic rings. The Hall–Kier alpha value is -0.930. The third-order valence-electron chi connectivity index (χ3n) is 3.18. The van der Waals surface area contributed by atoms with Gasteiger partial charge < -0.3 is 21.4 Å². The summed E-state index contributed by atoms with van der Waals surface area (Å²) < 4.78 is 0. The molecule has 9 heteroatoms. The standard InChI is InChI=1S/C11H17N5O2.2BrH/c12-8(4-7-5-14-6-15-7)11(18)16-3-1-2-9(16)10(13)17;;/h5-6,8-9H,1-4,12H2,(H2,13,17)(H,14,15);2*1H/t8-,9+;;/m1../s1. The van der Waals surface area contributed by atoms with E-state index in [1.165, 1.54) is 11.2 Å². The molecular formula is C11H19Br2N5O2. The van der Waals surface area contributed by atoms with Crippen molar-refractivity contribution in [2.45, 2.75) is 31.3 Å². The lowest BCUT2D eigenvalue weighted by molar-refractivity contribution is -0.138. The molecule has 20 heavy (non-hydrogen) atoms. The Kier molecular flexibility index (Phi) is 7.99. The van der Waals surface area contributed by atoms with Crippen LogP contribution in [-0.2, 0) is 16.0 Å². The van der Waals surface area contributed by atoms with Gasteiger partial charge in [0.2, 0.25) is 11.8 Å². The number of halogens is 2. The van der Waals surface area contributed by atoms with Gasteiger partial charge in [0.25, 0.3) is 0 Å². The van der Waals surface area contributed by atoms with E-state index >= 15 is 0 Å². The van der Waals surface area contributed by atoms with Crippen LogP contribution in [0.1, 0.15) is 18.5 Å². The number of H-pyrrole nitrogens is 1. The molecule has 0 aliphatic carbocycles. The SMILES string of the molecule is Br.Br.NC(=O)[C@@H]1CCCN1C(=O)[C@H](N)Cc1cnc[nH]1. The second-order valence-corrected chi connectivity index (χ2v) is 4.48. The number of carbonyl (C=O) groups excluding carboxylic acids is 2. The van der Waals surface area contributed by atoms with Gasteiger partial charge in [0.15, 0.2) is 0 Å². The first kappa shape index (κ1) is 19.1. The summed E-state index contributed by atoms with van der Waals surface area (Å²) in [5.41, 5.74) is 11.9. The maximum absolute atomic E-state index is 12.1. The van der Waals surface area contributed by atoms with Gasteiger partial charge >= 0.3 is 0 Å². The average Bonchev–Trinajstić information content (AvgIpc) is 2.97. The Morgan fingerprint density at radius 2 is 2.20 bits per heavy atom. The Labute approximate surface area is 138 Å². The first-order valence-electron chi connectivity index (χ1n) is 5.92. The Balaban J connectivity index is 0.00000180. The average molecular weight is 413 g/mol. The van der Waals surface area contributed by atoms with E-state index in [1.54, 1.807) is 6.20 Å². The summed E-state index contributed by atoms with van der Waals surface area (Å²) in [4.78, 5) is 31.6. The van der Waals surface area contributed by atoms with Crippen LogP contribution in [0.4, 0.5) is 0 Å². The van der Waals surface area contributed by atoms with Crippen molar-refractivity contribution in [3.8, 4) is 0 Å². The van der Waals surface area contributed by atoms with Crippen molar-refractivity contribution in [1.29, 1.82) is 0 Å². The van der Waals surface area contributed by atoms with E-state index in [0.29, 0.717) is 19.4 Å². The number of rotatable bonds is 4. The molecule has 2 rings (SSSR count). The van der Waals surface area contributed by atoms with E-state index in [2.05, 4.69) is 9.97 Å². The quantitative estimate of drug-likeness (QED) is 0.640. The molecule has 1 fully saturated rings. The molecule has 0 spiro atoms.